The molecule has 2 aromatic heterocycles. The second-order valence-corrected chi connectivity index (χ2v) is 5.26. The van der Waals surface area contributed by atoms with Crippen LogP contribution in [0, 0.1) is 6.92 Å². The number of aromatic nitrogens is 2. The molecule has 0 amide bonds. The van der Waals surface area contributed by atoms with Crippen molar-refractivity contribution in [3.63, 3.8) is 0 Å². The lowest BCUT2D eigenvalue weighted by Crippen LogP contribution is -1.78. The van der Waals surface area contributed by atoms with Crippen LogP contribution in [-0.4, -0.2) is 9.38 Å². The Morgan fingerprint density at radius 2 is 2.06 bits per heavy atom. The van der Waals surface area contributed by atoms with E-state index >= 15 is 0 Å². The second-order valence-electron chi connectivity index (χ2n) is 3.64. The third kappa shape index (κ3) is 1.52. The third-order valence-corrected chi connectivity index (χ3v) is 3.66. The molecule has 0 saturated heterocycles. The molecule has 16 heavy (non-hydrogen) atoms. The summed E-state index contributed by atoms with van der Waals surface area (Å²) in [6.45, 7) is 2.08. The smallest absolute Gasteiger partial charge is 0.194 e. The second kappa shape index (κ2) is 3.61. The fourth-order valence-corrected chi connectivity index (χ4v) is 2.75. The van der Waals surface area contributed by atoms with Crippen LogP contribution in [-0.2, 0) is 0 Å². The van der Waals surface area contributed by atoms with Gasteiger partial charge in [0.2, 0.25) is 0 Å². The van der Waals surface area contributed by atoms with Crippen LogP contribution in [0.2, 0.25) is 5.02 Å². The molecule has 4 heteroatoms. The van der Waals surface area contributed by atoms with E-state index in [0.717, 1.165) is 21.2 Å². The Morgan fingerprint density at radius 3 is 2.81 bits per heavy atom. The molecule has 0 aliphatic carbocycles. The quantitative estimate of drug-likeness (QED) is 0.636. The Kier molecular flexibility index (Phi) is 2.23. The number of aryl methyl sites for hydroxylation is 1. The lowest BCUT2D eigenvalue weighted by molar-refractivity contribution is 1.22. The van der Waals surface area contributed by atoms with Crippen molar-refractivity contribution in [1.29, 1.82) is 0 Å². The molecule has 80 valence electrons. The first kappa shape index (κ1) is 9.87. The van der Waals surface area contributed by atoms with Crippen LogP contribution in [0.25, 0.3) is 16.2 Å². The van der Waals surface area contributed by atoms with E-state index in [1.165, 1.54) is 4.88 Å². The van der Waals surface area contributed by atoms with E-state index in [1.807, 2.05) is 34.9 Å². The summed E-state index contributed by atoms with van der Waals surface area (Å²) in [6.07, 6.45) is 4.09. The molecular weight excluding hydrogens is 240 g/mol. The zero-order chi connectivity index (χ0) is 11.1. The molecule has 0 radical (unpaired) electrons. The van der Waals surface area contributed by atoms with E-state index in [9.17, 15) is 0 Å². The summed E-state index contributed by atoms with van der Waals surface area (Å²) in [5, 5.41) is 0.741. The number of hydrogen-bond acceptors (Lipinski definition) is 2. The summed E-state index contributed by atoms with van der Waals surface area (Å²) in [7, 11) is 0. The van der Waals surface area contributed by atoms with Gasteiger partial charge in [0.1, 0.15) is 0 Å². The maximum atomic E-state index is 6.14. The summed E-state index contributed by atoms with van der Waals surface area (Å²) in [4.78, 5) is 6.83. The molecule has 2 heterocycles. The largest absolute Gasteiger partial charge is 0.297 e. The van der Waals surface area contributed by atoms with Crippen molar-refractivity contribution in [1.82, 2.24) is 9.38 Å². The Hall–Kier alpha value is -1.32. The minimum atomic E-state index is 0.741. The monoisotopic (exact) mass is 248 g/mol. The molecule has 0 N–H and O–H groups in total. The van der Waals surface area contributed by atoms with Crippen LogP contribution in [0.4, 0.5) is 0 Å². The Balaban J connectivity index is 2.19. The van der Waals surface area contributed by atoms with E-state index in [1.54, 1.807) is 11.3 Å². The highest BCUT2D eigenvalue weighted by atomic mass is 35.5. The summed E-state index contributed by atoms with van der Waals surface area (Å²) in [5.41, 5.74) is 1.91. The standard InChI is InChI=1S/C12H9ClN2S/c1-8-6-15-7-11(14-12(15)16-8)9-4-2-3-5-10(9)13/h2-7H,1H3. The van der Waals surface area contributed by atoms with Gasteiger partial charge in [0.15, 0.2) is 4.96 Å². The van der Waals surface area contributed by atoms with Crippen LogP contribution >= 0.6 is 22.9 Å². The third-order valence-electron chi connectivity index (χ3n) is 2.42. The topological polar surface area (TPSA) is 17.3 Å². The molecule has 3 rings (SSSR count). The average Bonchev–Trinajstić information content (AvgIpc) is 2.75. The van der Waals surface area contributed by atoms with Crippen LogP contribution < -0.4 is 0 Å². The van der Waals surface area contributed by atoms with Crippen LogP contribution in [0.3, 0.4) is 0 Å². The van der Waals surface area contributed by atoms with Crippen LogP contribution in [0.5, 0.6) is 0 Å². The van der Waals surface area contributed by atoms with Gasteiger partial charge in [-0.3, -0.25) is 4.40 Å². The van der Waals surface area contributed by atoms with E-state index in [4.69, 9.17) is 11.6 Å². The Bertz CT molecular complexity index is 622. The summed E-state index contributed by atoms with van der Waals surface area (Å²) in [5.74, 6) is 0. The molecule has 0 aliphatic rings. The number of thiazole rings is 1. The summed E-state index contributed by atoms with van der Waals surface area (Å²) >= 11 is 7.82. The number of hydrogen-bond donors (Lipinski definition) is 0. The average molecular weight is 249 g/mol. The van der Waals surface area contributed by atoms with Crippen molar-refractivity contribution in [2.75, 3.05) is 0 Å². The molecule has 2 nitrogen and oxygen atoms in total. The molecule has 0 unspecified atom stereocenters. The predicted molar refractivity (Wildman–Crippen MR) is 68.3 cm³/mol. The van der Waals surface area contributed by atoms with E-state index in [0.29, 0.717) is 0 Å². The number of halogens is 1. The minimum absolute atomic E-state index is 0.741. The lowest BCUT2D eigenvalue weighted by atomic mass is 10.2. The normalized spacial score (nSPS) is 11.1. The first-order chi connectivity index (χ1) is 7.74. The molecule has 3 aromatic rings. The maximum Gasteiger partial charge on any atom is 0.194 e. The first-order valence-corrected chi connectivity index (χ1v) is 6.13. The zero-order valence-corrected chi connectivity index (χ0v) is 10.2. The maximum absolute atomic E-state index is 6.14. The van der Waals surface area contributed by atoms with Gasteiger partial charge in [0.05, 0.1) is 10.7 Å². The fraction of sp³-hybridized carbons (Fsp3) is 0.0833. The lowest BCUT2D eigenvalue weighted by Gasteiger charge is -1.98. The van der Waals surface area contributed by atoms with Crippen LogP contribution in [0.1, 0.15) is 4.88 Å². The predicted octanol–water partition coefficient (Wildman–Crippen LogP) is 4.02. The summed E-state index contributed by atoms with van der Waals surface area (Å²) < 4.78 is 2.04. The van der Waals surface area contributed by atoms with Gasteiger partial charge in [-0.1, -0.05) is 29.8 Å². The highest BCUT2D eigenvalue weighted by molar-refractivity contribution is 7.17. The van der Waals surface area contributed by atoms with Crippen molar-refractivity contribution < 1.29 is 0 Å². The Morgan fingerprint density at radius 1 is 1.25 bits per heavy atom. The molecule has 1 aromatic carbocycles. The van der Waals surface area contributed by atoms with E-state index in [-0.39, 0.29) is 0 Å². The van der Waals surface area contributed by atoms with Gasteiger partial charge in [0, 0.05) is 22.8 Å². The van der Waals surface area contributed by atoms with Crippen molar-refractivity contribution in [3.05, 3.63) is 46.6 Å². The van der Waals surface area contributed by atoms with Gasteiger partial charge in [-0.2, -0.15) is 0 Å². The SMILES string of the molecule is Cc1cn2cc(-c3ccccc3Cl)nc2s1. The highest BCUT2D eigenvalue weighted by Crippen LogP contribution is 2.28. The molecule has 0 atom stereocenters. The fourth-order valence-electron chi connectivity index (χ4n) is 1.71. The number of benzene rings is 1. The number of nitrogens with zero attached hydrogens (tertiary/aromatic N) is 2. The number of fused-ring (bicyclic) bond motifs is 1. The van der Waals surface area contributed by atoms with E-state index < -0.39 is 0 Å². The zero-order valence-electron chi connectivity index (χ0n) is 8.64. The Labute approximate surface area is 102 Å². The molecule has 0 spiro atoms. The molecular formula is C12H9ClN2S. The minimum Gasteiger partial charge on any atom is -0.297 e. The molecule has 0 saturated carbocycles. The van der Waals surface area contributed by atoms with Gasteiger partial charge in [-0.15, -0.1) is 11.3 Å². The van der Waals surface area contributed by atoms with Crippen molar-refractivity contribution in [2.24, 2.45) is 0 Å². The highest BCUT2D eigenvalue weighted by Gasteiger charge is 2.08. The molecule has 0 aliphatic heterocycles. The number of rotatable bonds is 1. The van der Waals surface area contributed by atoms with Gasteiger partial charge in [0.25, 0.3) is 0 Å². The van der Waals surface area contributed by atoms with Gasteiger partial charge >= 0.3 is 0 Å². The number of imidazole rings is 1. The van der Waals surface area contributed by atoms with Crippen molar-refractivity contribution in [2.45, 2.75) is 6.92 Å². The first-order valence-electron chi connectivity index (χ1n) is 4.94. The van der Waals surface area contributed by atoms with E-state index in [2.05, 4.69) is 18.1 Å². The van der Waals surface area contributed by atoms with Crippen molar-refractivity contribution >= 4 is 27.9 Å². The van der Waals surface area contributed by atoms with Gasteiger partial charge in [-0.25, -0.2) is 4.98 Å². The summed E-state index contributed by atoms with van der Waals surface area (Å²) in [6, 6.07) is 7.77. The van der Waals surface area contributed by atoms with Crippen LogP contribution in [0.15, 0.2) is 36.7 Å². The molecule has 0 fully saturated rings. The van der Waals surface area contributed by atoms with Crippen molar-refractivity contribution in [3.8, 4) is 11.3 Å². The van der Waals surface area contributed by atoms with Gasteiger partial charge in [-0.05, 0) is 13.0 Å². The van der Waals surface area contributed by atoms with Gasteiger partial charge < -0.3 is 0 Å². The molecule has 0 bridgehead atoms.